The molecule has 1 amide bonds. The van der Waals surface area contributed by atoms with Crippen LogP contribution in [0.2, 0.25) is 0 Å². The Morgan fingerprint density at radius 2 is 1.43 bits per heavy atom. The van der Waals surface area contributed by atoms with Gasteiger partial charge in [-0.2, -0.15) is 0 Å². The molecule has 18 atom stereocenters. The number of hydrogen-bond donors (Lipinski definition) is 1. The maximum Gasteiger partial charge on any atom is 0.408 e. The van der Waals surface area contributed by atoms with Crippen molar-refractivity contribution in [2.75, 3.05) is 27.8 Å². The number of hydrogen-bond acceptors (Lipinski definition) is 17. The first-order valence-electron chi connectivity index (χ1n) is 28.7. The van der Waals surface area contributed by atoms with Crippen LogP contribution in [0.4, 0.5) is 4.79 Å². The lowest BCUT2D eigenvalue weighted by Crippen LogP contribution is -2.62. The quantitative estimate of drug-likeness (QED) is 0.0869. The van der Waals surface area contributed by atoms with Crippen LogP contribution >= 0.6 is 0 Å². The van der Waals surface area contributed by atoms with Crippen LogP contribution in [0.25, 0.3) is 17.0 Å². The molecule has 3 aromatic carbocycles. The lowest BCUT2D eigenvalue weighted by atomic mass is 9.73. The van der Waals surface area contributed by atoms with Gasteiger partial charge in [0.15, 0.2) is 30.4 Å². The summed E-state index contributed by atoms with van der Waals surface area (Å²) in [5.41, 5.74) is -1.73. The molecule has 1 unspecified atom stereocenters. The highest BCUT2D eigenvalue weighted by atomic mass is 16.7. The SMILES string of the molecule is CC[C@H]1OC(=O)[C@H](C)[C@@H](O[C@H]2C[C@@](C)(OC)[C@@H](OC(=O)c3ccccc3)[C@H](C)O2)[C@H](C)[C@@H](OC2O[C@H](C)C[C@H](N(C)C)[C@H]2OC(=O)c2ccccc2)[C@](C)(OC/C=C/c2cnc3ccccc3c2)C[C@H](C)C(=O)[C@H](C)[C@H]2NC(=O)O[C@@]21C. The van der Waals surface area contributed by atoms with Crippen LogP contribution < -0.4 is 5.32 Å². The van der Waals surface area contributed by atoms with E-state index < -0.39 is 132 Å². The zero-order valence-corrected chi connectivity index (χ0v) is 49.6. The van der Waals surface area contributed by atoms with Gasteiger partial charge in [0.1, 0.15) is 17.5 Å². The number of aromatic nitrogens is 1. The smallest absolute Gasteiger partial charge is 0.408 e. The molecular formula is C64H83N3O15. The Bertz CT molecular complexity index is 2890. The van der Waals surface area contributed by atoms with Crippen molar-refractivity contribution in [1.29, 1.82) is 0 Å². The zero-order chi connectivity index (χ0) is 59.3. The van der Waals surface area contributed by atoms with Crippen LogP contribution in [-0.4, -0.2) is 152 Å². The second-order valence-corrected chi connectivity index (χ2v) is 23.6. The van der Waals surface area contributed by atoms with E-state index in [4.69, 9.17) is 47.4 Å². The third-order valence-corrected chi connectivity index (χ3v) is 17.3. The number of nitrogens with one attached hydrogen (secondary N) is 1. The number of alkyl carbamates (subject to hydrolysis) is 1. The molecule has 0 radical (unpaired) electrons. The third-order valence-electron chi connectivity index (χ3n) is 17.3. The molecule has 8 rings (SSSR count). The molecule has 18 nitrogen and oxygen atoms in total. The molecule has 4 aliphatic heterocycles. The highest BCUT2D eigenvalue weighted by Gasteiger charge is 2.59. The van der Waals surface area contributed by atoms with Crippen molar-refractivity contribution in [3.05, 3.63) is 120 Å². The Morgan fingerprint density at radius 1 is 0.780 bits per heavy atom. The number of fused-ring (bicyclic) bond motifs is 2. The minimum absolute atomic E-state index is 0.00543. The van der Waals surface area contributed by atoms with Crippen molar-refractivity contribution in [3.63, 3.8) is 0 Å². The monoisotopic (exact) mass is 1130 g/mol. The van der Waals surface area contributed by atoms with Gasteiger partial charge in [0, 0.05) is 42.9 Å². The number of ether oxygens (including phenoxy) is 10. The van der Waals surface area contributed by atoms with E-state index in [9.17, 15) is 14.4 Å². The number of amides is 1. The standard InChI is InChI=1S/C64H83N3O15/c1-14-49-64(10)54(66-61(72)82-64)39(4)51(68)37(2)34-63(9,74-31-23-24-43-33-46-29-21-22-30-47(46)65-36-43)55(81-60-53(48(67(11)12)32-38(3)75-60)79-58(70)44-25-17-15-18-26-44)40(5)52(41(6)57(69)77-49)78-50-35-62(8,73-13)56(42(7)76-50)80-59(71)45-27-19-16-20-28-45/h15-30,33,36-42,48-50,52-56,60H,14,31-32,34-35H2,1-13H3,(H,66,72)/b24-23+/t37-,38+,39-,40-,41+,42-,48-,49+,50-,52-,53+,54+,55+,56-,60?,62+,63+,64+/m0/s1. The minimum Gasteiger partial charge on any atom is -0.458 e. The Kier molecular flexibility index (Phi) is 19.8. The molecule has 1 N–H and O–H groups in total. The number of likely N-dealkylation sites (N-methyl/N-ethyl adjacent to an activating group) is 1. The Morgan fingerprint density at radius 3 is 2.07 bits per heavy atom. The summed E-state index contributed by atoms with van der Waals surface area (Å²) in [6.07, 6.45) is -3.16. The third kappa shape index (κ3) is 13.6. The molecule has 0 spiro atoms. The molecule has 4 fully saturated rings. The topological polar surface area (TPSA) is 206 Å². The van der Waals surface area contributed by atoms with E-state index in [0.29, 0.717) is 17.5 Å². The molecule has 4 aromatic rings. The molecule has 4 saturated heterocycles. The first-order chi connectivity index (χ1) is 39.0. The van der Waals surface area contributed by atoms with Gasteiger partial charge in [0.05, 0.1) is 71.3 Å². The largest absolute Gasteiger partial charge is 0.458 e. The van der Waals surface area contributed by atoms with Gasteiger partial charge >= 0.3 is 24.0 Å². The van der Waals surface area contributed by atoms with E-state index >= 15 is 9.59 Å². The van der Waals surface area contributed by atoms with Crippen molar-refractivity contribution in [2.45, 2.75) is 179 Å². The van der Waals surface area contributed by atoms with Crippen molar-refractivity contribution in [2.24, 2.45) is 23.7 Å². The number of Topliss-reactive ketones (excluding diaryl/α,β-unsaturated/α-hetero) is 1. The summed E-state index contributed by atoms with van der Waals surface area (Å²) in [6.45, 7) is 18.0. The molecule has 4 aliphatic rings. The van der Waals surface area contributed by atoms with Gasteiger partial charge in [-0.1, -0.05) is 94.4 Å². The average molecular weight is 1130 g/mol. The first-order valence-corrected chi connectivity index (χ1v) is 28.7. The van der Waals surface area contributed by atoms with Crippen LogP contribution in [0.5, 0.6) is 0 Å². The molecule has 5 heterocycles. The number of rotatable bonds is 15. The van der Waals surface area contributed by atoms with Crippen LogP contribution in [0.1, 0.15) is 121 Å². The number of pyridine rings is 1. The van der Waals surface area contributed by atoms with Gasteiger partial charge in [-0.25, -0.2) is 14.4 Å². The lowest BCUT2D eigenvalue weighted by Gasteiger charge is -2.50. The number of nitrogens with zero attached hydrogens (tertiary/aromatic N) is 2. The number of cyclic esters (lactones) is 1. The summed E-state index contributed by atoms with van der Waals surface area (Å²) in [5.74, 6) is -5.64. The summed E-state index contributed by atoms with van der Waals surface area (Å²) in [6, 6.07) is 25.9. The summed E-state index contributed by atoms with van der Waals surface area (Å²) in [4.78, 5) is 78.2. The summed E-state index contributed by atoms with van der Waals surface area (Å²) in [5, 5.41) is 3.85. The minimum atomic E-state index is -1.47. The fourth-order valence-electron chi connectivity index (χ4n) is 12.7. The van der Waals surface area contributed by atoms with E-state index in [1.165, 1.54) is 7.11 Å². The Labute approximate surface area is 482 Å². The van der Waals surface area contributed by atoms with Gasteiger partial charge in [0.25, 0.3) is 0 Å². The van der Waals surface area contributed by atoms with Crippen LogP contribution in [0.15, 0.2) is 103 Å². The second kappa shape index (κ2) is 26.2. The highest BCUT2D eigenvalue weighted by Crippen LogP contribution is 2.44. The fourth-order valence-corrected chi connectivity index (χ4v) is 12.7. The first kappa shape index (κ1) is 61.9. The van der Waals surface area contributed by atoms with Crippen molar-refractivity contribution >= 4 is 46.8 Å². The predicted octanol–water partition coefficient (Wildman–Crippen LogP) is 9.56. The van der Waals surface area contributed by atoms with Gasteiger partial charge in [0.2, 0.25) is 0 Å². The Balaban J connectivity index is 1.25. The molecule has 0 bridgehead atoms. The molecule has 0 aliphatic carbocycles. The zero-order valence-electron chi connectivity index (χ0n) is 49.6. The Hall–Kier alpha value is -6.12. The number of esters is 3. The van der Waals surface area contributed by atoms with E-state index in [1.54, 1.807) is 82.4 Å². The number of ketones is 1. The highest BCUT2D eigenvalue weighted by molar-refractivity contribution is 5.90. The second-order valence-electron chi connectivity index (χ2n) is 23.6. The molecular weight excluding hydrogens is 1050 g/mol. The predicted molar refractivity (Wildman–Crippen MR) is 305 cm³/mol. The maximum absolute atomic E-state index is 15.2. The molecule has 18 heteroatoms. The van der Waals surface area contributed by atoms with Crippen molar-refractivity contribution in [3.8, 4) is 0 Å². The van der Waals surface area contributed by atoms with Crippen LogP contribution in [0, 0.1) is 23.7 Å². The summed E-state index contributed by atoms with van der Waals surface area (Å²) in [7, 11) is 5.34. The lowest BCUT2D eigenvalue weighted by molar-refractivity contribution is -0.319. The number of carbonyl (C=O) groups is 5. The number of benzene rings is 3. The van der Waals surface area contributed by atoms with Gasteiger partial charge in [-0.15, -0.1) is 0 Å². The molecule has 1 aromatic heterocycles. The van der Waals surface area contributed by atoms with E-state index in [1.807, 2.05) is 115 Å². The average Bonchev–Trinajstić information content (AvgIpc) is 3.75. The van der Waals surface area contributed by atoms with Crippen LogP contribution in [0.3, 0.4) is 0 Å². The maximum atomic E-state index is 15.2. The van der Waals surface area contributed by atoms with Crippen LogP contribution in [-0.2, 0) is 57.0 Å². The van der Waals surface area contributed by atoms with E-state index in [-0.39, 0.29) is 31.7 Å². The van der Waals surface area contributed by atoms with Crippen molar-refractivity contribution < 1.29 is 71.3 Å². The summed E-state index contributed by atoms with van der Waals surface area (Å²) < 4.78 is 66.7. The van der Waals surface area contributed by atoms with Gasteiger partial charge < -0.3 is 57.6 Å². The van der Waals surface area contributed by atoms with Crippen molar-refractivity contribution in [1.82, 2.24) is 15.2 Å². The van der Waals surface area contributed by atoms with E-state index in [2.05, 4.69) is 10.3 Å². The van der Waals surface area contributed by atoms with E-state index in [0.717, 1.165) is 16.5 Å². The molecule has 82 heavy (non-hydrogen) atoms. The molecule has 444 valence electrons. The number of para-hydroxylation sites is 1. The number of carbonyl (C=O) groups excluding carboxylic acids is 5. The molecule has 0 saturated carbocycles. The summed E-state index contributed by atoms with van der Waals surface area (Å²) >= 11 is 0. The van der Waals surface area contributed by atoms with Gasteiger partial charge in [-0.3, -0.25) is 14.6 Å². The normalized spacial score (nSPS) is 35.7. The number of methoxy groups -OCH3 is 1. The fraction of sp³-hybridized carbons (Fsp3) is 0.562. The van der Waals surface area contributed by atoms with Gasteiger partial charge in [-0.05, 0) is 117 Å².